The highest BCUT2D eigenvalue weighted by molar-refractivity contribution is 5.86. The van der Waals surface area contributed by atoms with E-state index in [0.717, 1.165) is 6.54 Å². The second-order valence-corrected chi connectivity index (χ2v) is 5.00. The summed E-state index contributed by atoms with van der Waals surface area (Å²) in [5.74, 6) is -0.308. The third-order valence-electron chi connectivity index (χ3n) is 1.69. The normalized spacial score (nSPS) is 10.3. The molecule has 0 aromatic heterocycles. The van der Waals surface area contributed by atoms with Gasteiger partial charge >= 0.3 is 5.97 Å². The number of hydrogen-bond acceptors (Lipinski definition) is 5. The number of ether oxygens (including phenoxy) is 1. The first-order valence-electron chi connectivity index (χ1n) is 5.28. The summed E-state index contributed by atoms with van der Waals surface area (Å²) in [5, 5.41) is 13.6. The maximum atomic E-state index is 11.1. The average Bonchev–Trinajstić information content (AvgIpc) is 2.10. The van der Waals surface area contributed by atoms with Crippen molar-refractivity contribution in [3.63, 3.8) is 0 Å². The number of carbonyl (C=O) groups excluding carboxylic acids is 1. The van der Waals surface area contributed by atoms with Crippen molar-refractivity contribution >= 4 is 5.97 Å². The number of rotatable bonds is 5. The maximum absolute atomic E-state index is 11.1. The van der Waals surface area contributed by atoms with E-state index in [1.165, 1.54) is 0 Å². The molecule has 0 bridgehead atoms. The summed E-state index contributed by atoms with van der Waals surface area (Å²) >= 11 is 0. The van der Waals surface area contributed by atoms with Crippen molar-refractivity contribution in [2.24, 2.45) is 5.41 Å². The van der Waals surface area contributed by atoms with Crippen LogP contribution in [0.5, 0.6) is 0 Å². The fourth-order valence-corrected chi connectivity index (χ4v) is 1.29. The molecular weight excluding hydrogens is 240 g/mol. The molecule has 7 nitrogen and oxygen atoms in total. The molecule has 0 heterocycles. The van der Waals surface area contributed by atoms with Gasteiger partial charge in [0.1, 0.15) is 0 Å². The Hall–Kier alpha value is -1.63. The lowest BCUT2D eigenvalue weighted by molar-refractivity contribution is -0.742. The summed E-state index contributed by atoms with van der Waals surface area (Å²) < 4.78 is 5.10. The fraction of sp³-hybridized carbons (Fsp3) is 0.727. The molecule has 0 spiro atoms. The molecule has 0 fully saturated rings. The minimum atomic E-state index is -1.50. The fourth-order valence-electron chi connectivity index (χ4n) is 1.29. The first-order valence-corrected chi connectivity index (χ1v) is 5.28. The van der Waals surface area contributed by atoms with Crippen LogP contribution in [0.1, 0.15) is 20.8 Å². The highest BCUT2D eigenvalue weighted by Crippen LogP contribution is 2.16. The highest BCUT2D eigenvalue weighted by atomic mass is 16.9. The maximum Gasteiger partial charge on any atom is 0.333 e. The molecule has 1 N–H and O–H groups in total. The molecule has 0 aromatic carbocycles. The average molecular weight is 262 g/mol. The first kappa shape index (κ1) is 18.7. The second kappa shape index (κ2) is 8.46. The van der Waals surface area contributed by atoms with Gasteiger partial charge in [-0.1, -0.05) is 20.4 Å². The molecule has 0 aliphatic rings. The van der Waals surface area contributed by atoms with Gasteiger partial charge in [-0.05, 0) is 21.0 Å². The predicted molar refractivity (Wildman–Crippen MR) is 66.9 cm³/mol. The number of esters is 1. The van der Waals surface area contributed by atoms with Gasteiger partial charge in [0.05, 0.1) is 6.61 Å². The molecule has 7 heteroatoms. The van der Waals surface area contributed by atoms with Crippen molar-refractivity contribution in [3.05, 3.63) is 22.3 Å². The third kappa shape index (κ3) is 14.4. The van der Waals surface area contributed by atoms with Crippen molar-refractivity contribution in [2.75, 3.05) is 27.2 Å². The van der Waals surface area contributed by atoms with Crippen LogP contribution in [-0.4, -0.2) is 48.4 Å². The molecule has 0 atom stereocenters. The van der Waals surface area contributed by atoms with E-state index in [9.17, 15) is 4.79 Å². The molecule has 18 heavy (non-hydrogen) atoms. The van der Waals surface area contributed by atoms with E-state index in [1.54, 1.807) is 6.92 Å². The van der Waals surface area contributed by atoms with E-state index in [2.05, 4.69) is 25.3 Å². The second-order valence-electron chi connectivity index (χ2n) is 5.00. The predicted octanol–water partition coefficient (Wildman–Crippen LogP) is 1.35. The number of carbonyl (C=O) groups is 1. The molecule has 0 saturated heterocycles. The van der Waals surface area contributed by atoms with Gasteiger partial charge < -0.3 is 14.8 Å². The lowest BCUT2D eigenvalue weighted by Crippen LogP contribution is -2.33. The van der Waals surface area contributed by atoms with E-state index >= 15 is 0 Å². The molecular formula is C11H22N2O5. The van der Waals surface area contributed by atoms with Crippen LogP contribution in [0.15, 0.2) is 12.2 Å². The minimum Gasteiger partial charge on any atom is -0.462 e. The van der Waals surface area contributed by atoms with Crippen LogP contribution in [0.3, 0.4) is 0 Å². The van der Waals surface area contributed by atoms with Gasteiger partial charge in [0.15, 0.2) is 0 Å². The topological polar surface area (TPSA) is 92.9 Å². The summed E-state index contributed by atoms with van der Waals surface area (Å²) in [6, 6.07) is 0. The van der Waals surface area contributed by atoms with Crippen molar-refractivity contribution in [1.29, 1.82) is 0 Å². The van der Waals surface area contributed by atoms with Crippen LogP contribution >= 0.6 is 0 Å². The Morgan fingerprint density at radius 3 is 2.17 bits per heavy atom. The Labute approximate surface area is 107 Å². The number of nitrogens with zero attached hydrogens (tertiary/aromatic N) is 2. The molecule has 0 radical (unpaired) electrons. The molecule has 0 aromatic rings. The van der Waals surface area contributed by atoms with Crippen LogP contribution in [0.25, 0.3) is 0 Å². The summed E-state index contributed by atoms with van der Waals surface area (Å²) in [6.07, 6.45) is 0. The van der Waals surface area contributed by atoms with Gasteiger partial charge in [-0.2, -0.15) is 0 Å². The molecule has 0 unspecified atom stereocenters. The molecule has 0 saturated carbocycles. The molecule has 106 valence electrons. The minimum absolute atomic E-state index is 0.0192. The molecule has 0 aliphatic heterocycles. The van der Waals surface area contributed by atoms with E-state index in [-0.39, 0.29) is 11.4 Å². The SMILES string of the molecule is C=C(C)C(=O)OCC(C)(C)CN(C)C.O=[N+]([O-])O. The molecule has 0 rings (SSSR count). The smallest absolute Gasteiger partial charge is 0.333 e. The molecule has 0 aliphatic carbocycles. The van der Waals surface area contributed by atoms with Crippen molar-refractivity contribution < 1.29 is 19.8 Å². The largest absolute Gasteiger partial charge is 0.462 e. The van der Waals surface area contributed by atoms with Gasteiger partial charge in [-0.15, -0.1) is 10.1 Å². The van der Waals surface area contributed by atoms with E-state index in [1.807, 2.05) is 14.1 Å². The summed E-state index contributed by atoms with van der Waals surface area (Å²) in [4.78, 5) is 21.6. The standard InChI is InChI=1S/C11H21NO2.HNO3/c1-9(2)10(13)14-8-11(3,4)7-12(5)6;2-1(3)4/h1,7-8H2,2-6H3;(H,2,3,4). The Kier molecular flexibility index (Phi) is 8.80. The van der Waals surface area contributed by atoms with E-state index in [0.29, 0.717) is 12.2 Å². The van der Waals surface area contributed by atoms with Crippen LogP contribution in [0.2, 0.25) is 0 Å². The van der Waals surface area contributed by atoms with Crippen LogP contribution in [-0.2, 0) is 9.53 Å². The summed E-state index contributed by atoms with van der Waals surface area (Å²) in [6.45, 7) is 10.6. The van der Waals surface area contributed by atoms with E-state index in [4.69, 9.17) is 20.1 Å². The van der Waals surface area contributed by atoms with Crippen molar-refractivity contribution in [1.82, 2.24) is 4.90 Å². The van der Waals surface area contributed by atoms with Crippen molar-refractivity contribution in [2.45, 2.75) is 20.8 Å². The van der Waals surface area contributed by atoms with Gasteiger partial charge in [-0.3, -0.25) is 0 Å². The Balaban J connectivity index is 0. The lowest BCUT2D eigenvalue weighted by atomic mass is 9.94. The van der Waals surface area contributed by atoms with Gasteiger partial charge in [-0.25, -0.2) is 4.79 Å². The first-order chi connectivity index (χ1) is 7.98. The van der Waals surface area contributed by atoms with Gasteiger partial charge in [0, 0.05) is 17.5 Å². The monoisotopic (exact) mass is 262 g/mol. The Morgan fingerprint density at radius 2 is 1.89 bits per heavy atom. The summed E-state index contributed by atoms with van der Waals surface area (Å²) in [5.41, 5.74) is 0.430. The lowest BCUT2D eigenvalue weighted by Gasteiger charge is -2.27. The third-order valence-corrected chi connectivity index (χ3v) is 1.69. The molecule has 0 amide bonds. The zero-order valence-electron chi connectivity index (χ0n) is 11.6. The summed E-state index contributed by atoms with van der Waals surface area (Å²) in [7, 11) is 4.00. The van der Waals surface area contributed by atoms with E-state index < -0.39 is 5.09 Å². The van der Waals surface area contributed by atoms with Crippen LogP contribution < -0.4 is 0 Å². The Bertz CT molecular complexity index is 296. The zero-order valence-corrected chi connectivity index (χ0v) is 11.6. The highest BCUT2D eigenvalue weighted by Gasteiger charge is 2.21. The van der Waals surface area contributed by atoms with Crippen LogP contribution in [0, 0.1) is 15.5 Å². The Morgan fingerprint density at radius 1 is 1.50 bits per heavy atom. The quantitative estimate of drug-likeness (QED) is 0.348. The number of hydrogen-bond donors (Lipinski definition) is 1. The van der Waals surface area contributed by atoms with Gasteiger partial charge in [0.25, 0.3) is 5.09 Å². The van der Waals surface area contributed by atoms with Crippen molar-refractivity contribution in [3.8, 4) is 0 Å². The zero-order chi connectivity index (χ0) is 14.9. The van der Waals surface area contributed by atoms with Crippen LogP contribution in [0.4, 0.5) is 0 Å². The van der Waals surface area contributed by atoms with Gasteiger partial charge in [0.2, 0.25) is 0 Å².